The maximum Gasteiger partial charge on any atom is 0.335 e. The summed E-state index contributed by atoms with van der Waals surface area (Å²) in [6.07, 6.45) is -0.0320. The molecule has 0 aromatic heterocycles. The average molecular weight is 512 g/mol. The fourth-order valence-electron chi connectivity index (χ4n) is 4.23. The van der Waals surface area contributed by atoms with Gasteiger partial charge in [-0.05, 0) is 23.8 Å². The molecule has 0 fully saturated rings. The monoisotopic (exact) mass is 511 g/mol. The van der Waals surface area contributed by atoms with E-state index < -0.39 is 35.7 Å². The van der Waals surface area contributed by atoms with Crippen molar-refractivity contribution in [2.45, 2.75) is 33.1 Å². The molecule has 1 heterocycles. The van der Waals surface area contributed by atoms with Crippen LogP contribution in [0.1, 0.15) is 60.2 Å². The fraction of sp³-hybridized carbons (Fsp3) is 0.233. The molecule has 0 bridgehead atoms. The van der Waals surface area contributed by atoms with Crippen molar-refractivity contribution in [1.29, 1.82) is 0 Å². The van der Waals surface area contributed by atoms with Crippen molar-refractivity contribution in [3.05, 3.63) is 101 Å². The third kappa shape index (κ3) is 5.86. The van der Waals surface area contributed by atoms with E-state index >= 15 is 0 Å². The summed E-state index contributed by atoms with van der Waals surface area (Å²) in [5, 5.41) is 17.6. The van der Waals surface area contributed by atoms with Crippen molar-refractivity contribution in [3.8, 4) is 0 Å². The van der Waals surface area contributed by atoms with E-state index in [9.17, 15) is 24.3 Å². The highest BCUT2D eigenvalue weighted by Gasteiger charge is 2.37. The van der Waals surface area contributed by atoms with Gasteiger partial charge in [-0.15, -0.1) is 0 Å². The number of amides is 2. The van der Waals surface area contributed by atoms with Gasteiger partial charge >= 0.3 is 5.97 Å². The molecular formula is C30H29N3O5. The van der Waals surface area contributed by atoms with Gasteiger partial charge in [0.05, 0.1) is 17.2 Å². The minimum atomic E-state index is -1.12. The number of carboxylic acids is 1. The number of benzene rings is 3. The van der Waals surface area contributed by atoms with Crippen molar-refractivity contribution < 1.29 is 24.3 Å². The van der Waals surface area contributed by atoms with Gasteiger partial charge < -0.3 is 10.4 Å². The van der Waals surface area contributed by atoms with E-state index in [4.69, 9.17) is 0 Å². The van der Waals surface area contributed by atoms with Crippen LogP contribution in [0.15, 0.2) is 84.0 Å². The first-order valence-electron chi connectivity index (χ1n) is 12.3. The summed E-state index contributed by atoms with van der Waals surface area (Å²) in [5.41, 5.74) is 2.32. The maximum atomic E-state index is 13.9. The van der Waals surface area contributed by atoms with E-state index in [0.29, 0.717) is 11.3 Å². The highest BCUT2D eigenvalue weighted by atomic mass is 16.4. The summed E-state index contributed by atoms with van der Waals surface area (Å²) in [6.45, 7) is 5.01. The number of rotatable bonds is 7. The summed E-state index contributed by atoms with van der Waals surface area (Å²) < 4.78 is 0. The lowest BCUT2D eigenvalue weighted by molar-refractivity contribution is -0.138. The lowest BCUT2D eigenvalue weighted by Gasteiger charge is -2.24. The number of ketones is 1. The number of Topliss-reactive ketones (excluding diaryl/α,β-unsaturated/α-hetero) is 1. The molecule has 3 aromatic rings. The van der Waals surface area contributed by atoms with E-state index in [1.807, 2.05) is 75.4 Å². The maximum absolute atomic E-state index is 13.9. The molecule has 0 saturated heterocycles. The minimum absolute atomic E-state index is 0.0224. The number of hydrogen-bond acceptors (Lipinski definition) is 5. The van der Waals surface area contributed by atoms with E-state index in [1.165, 1.54) is 18.2 Å². The average Bonchev–Trinajstić information content (AvgIpc) is 2.99. The molecule has 1 atom stereocenters. The summed E-state index contributed by atoms with van der Waals surface area (Å²) in [5.74, 6) is -3.04. The Morgan fingerprint density at radius 3 is 2.32 bits per heavy atom. The summed E-state index contributed by atoms with van der Waals surface area (Å²) in [4.78, 5) is 51.3. The molecule has 8 nitrogen and oxygen atoms in total. The number of aromatic carboxylic acids is 1. The fourth-order valence-corrected chi connectivity index (χ4v) is 4.23. The van der Waals surface area contributed by atoms with Gasteiger partial charge in [-0.2, -0.15) is 5.10 Å². The molecule has 1 aliphatic rings. The Morgan fingerprint density at radius 2 is 1.63 bits per heavy atom. The van der Waals surface area contributed by atoms with Crippen molar-refractivity contribution in [2.75, 3.05) is 11.9 Å². The lowest BCUT2D eigenvalue weighted by Crippen LogP contribution is -2.38. The molecule has 0 spiro atoms. The Kier molecular flexibility index (Phi) is 7.52. The number of hydrogen-bond donors (Lipinski definition) is 2. The van der Waals surface area contributed by atoms with Gasteiger partial charge in [0.2, 0.25) is 5.91 Å². The van der Waals surface area contributed by atoms with Crippen LogP contribution >= 0.6 is 0 Å². The molecule has 3 aromatic carbocycles. The van der Waals surface area contributed by atoms with Gasteiger partial charge in [0.15, 0.2) is 0 Å². The molecule has 1 unspecified atom stereocenters. The molecule has 2 amide bonds. The molecule has 4 rings (SSSR count). The Labute approximate surface area is 221 Å². The van der Waals surface area contributed by atoms with Gasteiger partial charge in [0.1, 0.15) is 12.3 Å². The zero-order valence-corrected chi connectivity index (χ0v) is 21.5. The van der Waals surface area contributed by atoms with Crippen LogP contribution < -0.4 is 5.32 Å². The minimum Gasteiger partial charge on any atom is -0.478 e. The summed E-state index contributed by atoms with van der Waals surface area (Å²) >= 11 is 0. The van der Waals surface area contributed by atoms with E-state index in [-0.39, 0.29) is 23.5 Å². The molecular weight excluding hydrogens is 482 g/mol. The van der Waals surface area contributed by atoms with E-state index in [0.717, 1.165) is 16.1 Å². The topological polar surface area (TPSA) is 116 Å². The normalized spacial score (nSPS) is 15.2. The largest absolute Gasteiger partial charge is 0.478 e. The number of fused-ring (bicyclic) bond motifs is 1. The van der Waals surface area contributed by atoms with E-state index in [1.54, 1.807) is 6.07 Å². The van der Waals surface area contributed by atoms with Crippen LogP contribution in [0.5, 0.6) is 0 Å². The first kappa shape index (κ1) is 26.5. The second-order valence-electron chi connectivity index (χ2n) is 10.2. The third-order valence-corrected chi connectivity index (χ3v) is 6.32. The summed E-state index contributed by atoms with van der Waals surface area (Å²) in [6, 6.07) is 22.5. The van der Waals surface area contributed by atoms with Crippen molar-refractivity contribution in [1.82, 2.24) is 5.01 Å². The highest BCUT2D eigenvalue weighted by molar-refractivity contribution is 6.16. The zero-order valence-electron chi connectivity index (χ0n) is 21.5. The van der Waals surface area contributed by atoms with Crippen molar-refractivity contribution in [2.24, 2.45) is 10.5 Å². The lowest BCUT2D eigenvalue weighted by atomic mass is 9.80. The number of carbonyl (C=O) groups is 4. The Balaban J connectivity index is 1.74. The van der Waals surface area contributed by atoms with Crippen LogP contribution in [0.2, 0.25) is 0 Å². The van der Waals surface area contributed by atoms with Gasteiger partial charge in [0.25, 0.3) is 5.91 Å². The standard InChI is InChI=1S/C30H29N3O5/c1-30(2,3)25(34)17-24-22-14-7-8-15-23(22)27(19-10-5-4-6-11-19)32-33(28(24)36)18-26(35)31-21-13-9-12-20(16-21)29(37)38/h4-16,24H,17-18H2,1-3H3,(H,31,35)(H,37,38). The first-order valence-corrected chi connectivity index (χ1v) is 12.3. The van der Waals surface area contributed by atoms with Gasteiger partial charge in [-0.1, -0.05) is 81.4 Å². The molecule has 38 heavy (non-hydrogen) atoms. The quantitative estimate of drug-likeness (QED) is 0.477. The Bertz CT molecular complexity index is 1420. The van der Waals surface area contributed by atoms with Crippen molar-refractivity contribution in [3.63, 3.8) is 0 Å². The smallest absolute Gasteiger partial charge is 0.335 e. The van der Waals surface area contributed by atoms with Crippen LogP contribution in [0.3, 0.4) is 0 Å². The molecule has 8 heteroatoms. The Hall–Kier alpha value is -4.59. The molecule has 0 aliphatic carbocycles. The summed E-state index contributed by atoms with van der Waals surface area (Å²) in [7, 11) is 0. The number of hydrazone groups is 1. The highest BCUT2D eigenvalue weighted by Crippen LogP contribution is 2.33. The predicted molar refractivity (Wildman–Crippen MR) is 144 cm³/mol. The van der Waals surface area contributed by atoms with Crippen LogP contribution in [-0.2, 0) is 14.4 Å². The number of nitrogens with zero attached hydrogens (tertiary/aromatic N) is 2. The van der Waals surface area contributed by atoms with Gasteiger partial charge in [-0.25, -0.2) is 9.80 Å². The van der Waals surface area contributed by atoms with E-state index in [2.05, 4.69) is 10.4 Å². The third-order valence-electron chi connectivity index (χ3n) is 6.32. The molecule has 0 saturated carbocycles. The number of anilines is 1. The van der Waals surface area contributed by atoms with Crippen LogP contribution in [0.4, 0.5) is 5.69 Å². The molecule has 194 valence electrons. The SMILES string of the molecule is CC(C)(C)C(=O)CC1C(=O)N(CC(=O)Nc2cccc(C(=O)O)c2)N=C(c2ccccc2)c2ccccc21. The molecule has 2 N–H and O–H groups in total. The Morgan fingerprint density at radius 1 is 0.947 bits per heavy atom. The van der Waals surface area contributed by atoms with Crippen LogP contribution in [0, 0.1) is 5.41 Å². The molecule has 0 radical (unpaired) electrons. The van der Waals surface area contributed by atoms with Gasteiger partial charge in [-0.3, -0.25) is 14.4 Å². The molecule has 1 aliphatic heterocycles. The zero-order chi connectivity index (χ0) is 27.4. The van der Waals surface area contributed by atoms with Crippen LogP contribution in [0.25, 0.3) is 0 Å². The number of carbonyl (C=O) groups excluding carboxylic acids is 3. The van der Waals surface area contributed by atoms with Gasteiger partial charge in [0, 0.05) is 28.7 Å². The first-order chi connectivity index (χ1) is 18.0. The number of carboxylic acid groups (broad SMARTS) is 1. The second-order valence-corrected chi connectivity index (χ2v) is 10.2. The second kappa shape index (κ2) is 10.8. The predicted octanol–water partition coefficient (Wildman–Crippen LogP) is 4.71. The number of nitrogens with one attached hydrogen (secondary N) is 1. The van der Waals surface area contributed by atoms with Crippen LogP contribution in [-0.4, -0.2) is 45.9 Å². The van der Waals surface area contributed by atoms with Crippen molar-refractivity contribution >= 4 is 35.0 Å².